The number of methoxy groups -OCH3 is 2. The van der Waals surface area contributed by atoms with Crippen LogP contribution >= 0.6 is 15.9 Å². The van der Waals surface area contributed by atoms with Gasteiger partial charge in [0.2, 0.25) is 0 Å². The third-order valence-electron chi connectivity index (χ3n) is 3.00. The van der Waals surface area contributed by atoms with Gasteiger partial charge in [-0.2, -0.15) is 0 Å². The molecule has 0 saturated heterocycles. The summed E-state index contributed by atoms with van der Waals surface area (Å²) in [5.74, 6) is -0.232. The first-order chi connectivity index (χ1) is 9.08. The summed E-state index contributed by atoms with van der Waals surface area (Å²) >= 11 is 3.40. The number of hydrogen-bond acceptors (Lipinski definition) is 3. The number of hydrogen-bond donors (Lipinski definition) is 0. The van der Waals surface area contributed by atoms with Crippen LogP contribution < -0.4 is 0 Å². The molecule has 0 saturated carbocycles. The number of nitrogens with zero attached hydrogens (tertiary/aromatic N) is 1. The highest BCUT2D eigenvalue weighted by Crippen LogP contribution is 2.20. The lowest BCUT2D eigenvalue weighted by Crippen LogP contribution is -2.38. The van der Waals surface area contributed by atoms with Crippen LogP contribution in [0.15, 0.2) is 22.7 Å². The third-order valence-corrected chi connectivity index (χ3v) is 3.74. The Kier molecular flexibility index (Phi) is 7.53. The molecule has 0 bridgehead atoms. The van der Waals surface area contributed by atoms with Gasteiger partial charge in [0.1, 0.15) is 5.82 Å². The molecule has 1 aromatic rings. The minimum absolute atomic E-state index is 0.232. The second kappa shape index (κ2) is 8.64. The van der Waals surface area contributed by atoms with Gasteiger partial charge in [-0.15, -0.1) is 0 Å². The normalized spacial score (nSPS) is 12.9. The summed E-state index contributed by atoms with van der Waals surface area (Å²) in [7, 11) is 3.38. The van der Waals surface area contributed by atoms with Crippen LogP contribution in [0.2, 0.25) is 0 Å². The lowest BCUT2D eigenvalue weighted by molar-refractivity contribution is 0.0704. The molecule has 1 unspecified atom stereocenters. The minimum Gasteiger partial charge on any atom is -0.383 e. The lowest BCUT2D eigenvalue weighted by atomic mass is 10.2. The SMILES string of the molecule is COCCN(Cc1ccc(F)cc1Br)C(C)COC. The van der Waals surface area contributed by atoms with Crippen molar-refractivity contribution < 1.29 is 13.9 Å². The van der Waals surface area contributed by atoms with Crippen molar-refractivity contribution in [2.75, 3.05) is 34.0 Å². The topological polar surface area (TPSA) is 21.7 Å². The van der Waals surface area contributed by atoms with E-state index in [2.05, 4.69) is 27.8 Å². The maximum Gasteiger partial charge on any atom is 0.124 e. The highest BCUT2D eigenvalue weighted by molar-refractivity contribution is 9.10. The fourth-order valence-corrected chi connectivity index (χ4v) is 2.36. The molecule has 108 valence electrons. The molecule has 0 heterocycles. The summed E-state index contributed by atoms with van der Waals surface area (Å²) in [6, 6.07) is 5.05. The van der Waals surface area contributed by atoms with Gasteiger partial charge in [0.15, 0.2) is 0 Å². The summed E-state index contributed by atoms with van der Waals surface area (Å²) in [4.78, 5) is 2.25. The standard InChI is InChI=1S/C14H21BrFNO2/c1-11(10-19-3)17(6-7-18-2)9-12-4-5-13(16)8-14(12)15/h4-5,8,11H,6-7,9-10H2,1-3H3. The Balaban J connectivity index is 2.74. The van der Waals surface area contributed by atoms with Gasteiger partial charge in [-0.05, 0) is 24.6 Å². The number of benzene rings is 1. The Labute approximate surface area is 122 Å². The number of ether oxygens (including phenoxy) is 2. The third kappa shape index (κ3) is 5.57. The Hall–Kier alpha value is -0.490. The summed E-state index contributed by atoms with van der Waals surface area (Å²) < 4.78 is 24.2. The highest BCUT2D eigenvalue weighted by Gasteiger charge is 2.15. The van der Waals surface area contributed by atoms with Crippen LogP contribution in [0.1, 0.15) is 12.5 Å². The molecule has 1 rings (SSSR count). The molecule has 5 heteroatoms. The van der Waals surface area contributed by atoms with Gasteiger partial charge in [0, 0.05) is 37.8 Å². The minimum atomic E-state index is -0.232. The quantitative estimate of drug-likeness (QED) is 0.729. The van der Waals surface area contributed by atoms with Crippen LogP contribution in [0.25, 0.3) is 0 Å². The van der Waals surface area contributed by atoms with E-state index in [0.717, 1.165) is 23.1 Å². The van der Waals surface area contributed by atoms with Gasteiger partial charge < -0.3 is 9.47 Å². The zero-order valence-corrected chi connectivity index (χ0v) is 13.2. The average Bonchev–Trinajstić information content (AvgIpc) is 2.37. The average molecular weight is 334 g/mol. The van der Waals surface area contributed by atoms with E-state index in [1.807, 2.05) is 0 Å². The summed E-state index contributed by atoms with van der Waals surface area (Å²) in [5, 5.41) is 0. The highest BCUT2D eigenvalue weighted by atomic mass is 79.9. The second-order valence-electron chi connectivity index (χ2n) is 4.50. The van der Waals surface area contributed by atoms with E-state index in [9.17, 15) is 4.39 Å². The zero-order chi connectivity index (χ0) is 14.3. The molecule has 0 aliphatic rings. The van der Waals surface area contributed by atoms with Gasteiger partial charge in [0.25, 0.3) is 0 Å². The number of rotatable bonds is 8. The Morgan fingerprint density at radius 2 is 2.05 bits per heavy atom. The second-order valence-corrected chi connectivity index (χ2v) is 5.36. The Morgan fingerprint density at radius 1 is 1.32 bits per heavy atom. The molecule has 3 nitrogen and oxygen atoms in total. The van der Waals surface area contributed by atoms with Gasteiger partial charge in [-0.25, -0.2) is 4.39 Å². The van der Waals surface area contributed by atoms with Crippen LogP contribution in [0.3, 0.4) is 0 Å². The fourth-order valence-electron chi connectivity index (χ4n) is 1.88. The molecule has 0 fully saturated rings. The molecule has 0 radical (unpaired) electrons. The van der Waals surface area contributed by atoms with Crippen LogP contribution in [-0.4, -0.2) is 44.9 Å². The molecule has 0 aromatic heterocycles. The van der Waals surface area contributed by atoms with E-state index in [1.54, 1.807) is 20.3 Å². The van der Waals surface area contributed by atoms with E-state index < -0.39 is 0 Å². The molecule has 0 spiro atoms. The van der Waals surface area contributed by atoms with Crippen molar-refractivity contribution in [3.8, 4) is 0 Å². The number of halogens is 2. The van der Waals surface area contributed by atoms with E-state index in [1.165, 1.54) is 12.1 Å². The Bertz CT molecular complexity index is 390. The summed E-state index contributed by atoms with van der Waals surface area (Å²) in [6.45, 7) is 4.96. The van der Waals surface area contributed by atoms with Crippen molar-refractivity contribution in [3.63, 3.8) is 0 Å². The largest absolute Gasteiger partial charge is 0.383 e. The van der Waals surface area contributed by atoms with E-state index in [0.29, 0.717) is 13.2 Å². The van der Waals surface area contributed by atoms with Crippen LogP contribution in [0.4, 0.5) is 4.39 Å². The van der Waals surface area contributed by atoms with Gasteiger partial charge in [-0.3, -0.25) is 4.90 Å². The van der Waals surface area contributed by atoms with Crippen molar-refractivity contribution in [3.05, 3.63) is 34.1 Å². The predicted octanol–water partition coefficient (Wildman–Crippen LogP) is 3.07. The van der Waals surface area contributed by atoms with Crippen LogP contribution in [-0.2, 0) is 16.0 Å². The summed E-state index contributed by atoms with van der Waals surface area (Å²) in [5.41, 5.74) is 1.06. The molecule has 1 aromatic carbocycles. The van der Waals surface area contributed by atoms with E-state index in [4.69, 9.17) is 9.47 Å². The van der Waals surface area contributed by atoms with Crippen LogP contribution in [0, 0.1) is 5.82 Å². The molecule has 19 heavy (non-hydrogen) atoms. The molecule has 0 N–H and O–H groups in total. The molecule has 1 atom stereocenters. The van der Waals surface area contributed by atoms with Crippen LogP contribution in [0.5, 0.6) is 0 Å². The van der Waals surface area contributed by atoms with E-state index in [-0.39, 0.29) is 11.9 Å². The Morgan fingerprint density at radius 3 is 2.63 bits per heavy atom. The monoisotopic (exact) mass is 333 g/mol. The van der Waals surface area contributed by atoms with Crippen molar-refractivity contribution in [1.82, 2.24) is 4.90 Å². The van der Waals surface area contributed by atoms with Crippen molar-refractivity contribution >= 4 is 15.9 Å². The van der Waals surface area contributed by atoms with Gasteiger partial charge in [-0.1, -0.05) is 22.0 Å². The predicted molar refractivity (Wildman–Crippen MR) is 77.7 cm³/mol. The van der Waals surface area contributed by atoms with Crippen molar-refractivity contribution in [2.45, 2.75) is 19.5 Å². The first-order valence-corrected chi connectivity index (χ1v) is 7.03. The fraction of sp³-hybridized carbons (Fsp3) is 0.571. The molecular formula is C14H21BrFNO2. The molecular weight excluding hydrogens is 313 g/mol. The van der Waals surface area contributed by atoms with E-state index >= 15 is 0 Å². The van der Waals surface area contributed by atoms with Gasteiger partial charge >= 0.3 is 0 Å². The first-order valence-electron chi connectivity index (χ1n) is 6.24. The molecule has 0 aliphatic carbocycles. The summed E-state index contributed by atoms with van der Waals surface area (Å²) in [6.07, 6.45) is 0. The maximum atomic E-state index is 13.1. The zero-order valence-electron chi connectivity index (χ0n) is 11.7. The molecule has 0 aliphatic heterocycles. The maximum absolute atomic E-state index is 13.1. The lowest BCUT2D eigenvalue weighted by Gasteiger charge is -2.28. The van der Waals surface area contributed by atoms with Gasteiger partial charge in [0.05, 0.1) is 13.2 Å². The van der Waals surface area contributed by atoms with Crippen molar-refractivity contribution in [1.29, 1.82) is 0 Å². The first kappa shape index (κ1) is 16.6. The smallest absolute Gasteiger partial charge is 0.124 e. The van der Waals surface area contributed by atoms with Crippen molar-refractivity contribution in [2.24, 2.45) is 0 Å². The molecule has 0 amide bonds.